The van der Waals surface area contributed by atoms with Crippen LogP contribution in [0, 0.1) is 0 Å². The summed E-state index contributed by atoms with van der Waals surface area (Å²) in [4.78, 5) is 18.4. The van der Waals surface area contributed by atoms with Crippen LogP contribution >= 0.6 is 0 Å². The van der Waals surface area contributed by atoms with Crippen LogP contribution in [0.4, 0.5) is 0 Å². The average molecular weight is 409 g/mol. The van der Waals surface area contributed by atoms with E-state index in [1.165, 1.54) is 6.42 Å². The number of pyridine rings is 1. The summed E-state index contributed by atoms with van der Waals surface area (Å²) in [7, 11) is 0. The Morgan fingerprint density at radius 1 is 1.20 bits per heavy atom. The molecule has 5 heteroatoms. The lowest BCUT2D eigenvalue weighted by atomic mass is 9.75. The first-order chi connectivity index (χ1) is 14.3. The van der Waals surface area contributed by atoms with Crippen molar-refractivity contribution >= 4 is 5.78 Å². The molecule has 1 aliphatic carbocycles. The molecule has 2 aromatic rings. The van der Waals surface area contributed by atoms with Crippen molar-refractivity contribution in [1.29, 1.82) is 0 Å². The largest absolute Gasteiger partial charge is 0.461 e. The number of hydrogen-bond donors (Lipinski definition) is 2. The van der Waals surface area contributed by atoms with Crippen LogP contribution in [0.5, 0.6) is 5.88 Å². The zero-order valence-corrected chi connectivity index (χ0v) is 18.1. The molecule has 2 atom stereocenters. The monoisotopic (exact) mass is 408 g/mol. The maximum atomic E-state index is 14.0. The molecule has 5 nitrogen and oxygen atoms in total. The molecule has 2 heterocycles. The number of ether oxygens (including phenoxy) is 1. The number of rotatable bonds is 6. The van der Waals surface area contributed by atoms with Crippen molar-refractivity contribution < 1.29 is 14.6 Å². The van der Waals surface area contributed by atoms with Crippen LogP contribution < -0.4 is 10.1 Å². The van der Waals surface area contributed by atoms with E-state index < -0.39 is 11.2 Å². The Hall–Kier alpha value is -2.24. The summed E-state index contributed by atoms with van der Waals surface area (Å²) in [6.07, 6.45) is 6.58. The Morgan fingerprint density at radius 3 is 2.60 bits per heavy atom. The molecule has 4 rings (SSSR count). The highest BCUT2D eigenvalue weighted by Gasteiger charge is 2.46. The topological polar surface area (TPSA) is 71.5 Å². The number of carbonyl (C=O) groups is 1. The maximum absolute atomic E-state index is 14.0. The molecule has 1 saturated heterocycles. The number of benzene rings is 1. The quantitative estimate of drug-likeness (QED) is 0.696. The summed E-state index contributed by atoms with van der Waals surface area (Å²) < 4.78 is 6.47. The first-order valence-corrected chi connectivity index (χ1v) is 11.0. The highest BCUT2D eigenvalue weighted by molar-refractivity contribution is 6.04. The third-order valence-corrected chi connectivity index (χ3v) is 6.60. The van der Waals surface area contributed by atoms with E-state index in [4.69, 9.17) is 4.74 Å². The minimum Gasteiger partial charge on any atom is -0.461 e. The van der Waals surface area contributed by atoms with Gasteiger partial charge in [-0.25, -0.2) is 4.98 Å². The number of Topliss-reactive ketones (excluding diaryl/α,β-unsaturated/α-hetero) is 1. The molecule has 1 aromatic heterocycles. The van der Waals surface area contributed by atoms with Gasteiger partial charge in [-0.2, -0.15) is 0 Å². The van der Waals surface area contributed by atoms with Gasteiger partial charge in [-0.1, -0.05) is 30.7 Å². The number of ketones is 1. The van der Waals surface area contributed by atoms with E-state index in [-0.39, 0.29) is 5.78 Å². The fourth-order valence-corrected chi connectivity index (χ4v) is 4.45. The van der Waals surface area contributed by atoms with Gasteiger partial charge in [-0.15, -0.1) is 0 Å². The molecule has 2 aliphatic rings. The number of hydrogen-bond acceptors (Lipinski definition) is 5. The Morgan fingerprint density at radius 2 is 1.97 bits per heavy atom. The molecule has 2 fully saturated rings. The van der Waals surface area contributed by atoms with Crippen LogP contribution in [0.1, 0.15) is 80.3 Å². The summed E-state index contributed by atoms with van der Waals surface area (Å²) >= 11 is 0. The second-order valence-corrected chi connectivity index (χ2v) is 9.38. The van der Waals surface area contributed by atoms with E-state index >= 15 is 0 Å². The van der Waals surface area contributed by atoms with Gasteiger partial charge in [0.05, 0.1) is 5.60 Å². The van der Waals surface area contributed by atoms with Crippen molar-refractivity contribution in [3.63, 3.8) is 0 Å². The van der Waals surface area contributed by atoms with E-state index in [0.29, 0.717) is 36.4 Å². The van der Waals surface area contributed by atoms with Crippen molar-refractivity contribution in [2.24, 2.45) is 0 Å². The Labute approximate surface area is 178 Å². The molecule has 0 spiro atoms. The standard InChI is InChI=1S/C25H32N2O3/c1-17-13-14-25(16-27-17,30-23-21(24(2,3)29)12-7-15-26-23)22(28)20-11-5-4-10-19(20)18-8-6-9-18/h4-5,7,10-12,15,17-18,27,29H,6,8-9,13-14,16H2,1-3H3/t17-,25-/m1/s1. The van der Waals surface area contributed by atoms with Crippen LogP contribution in [-0.2, 0) is 5.60 Å². The molecular formula is C25H32N2O3. The minimum absolute atomic E-state index is 0.0109. The van der Waals surface area contributed by atoms with E-state index in [1.807, 2.05) is 24.3 Å². The predicted octanol–water partition coefficient (Wildman–Crippen LogP) is 4.35. The lowest BCUT2D eigenvalue weighted by Crippen LogP contribution is -2.58. The van der Waals surface area contributed by atoms with Gasteiger partial charge in [-0.3, -0.25) is 4.79 Å². The fourth-order valence-electron chi connectivity index (χ4n) is 4.45. The number of nitrogens with zero attached hydrogens (tertiary/aromatic N) is 1. The van der Waals surface area contributed by atoms with Crippen molar-refractivity contribution in [2.45, 2.75) is 76.0 Å². The second-order valence-electron chi connectivity index (χ2n) is 9.38. The smallest absolute Gasteiger partial charge is 0.220 e. The lowest BCUT2D eigenvalue weighted by molar-refractivity contribution is 0.0196. The molecular weight excluding hydrogens is 376 g/mol. The molecule has 0 bridgehead atoms. The van der Waals surface area contributed by atoms with Crippen LogP contribution in [0.25, 0.3) is 0 Å². The number of carbonyl (C=O) groups excluding carboxylic acids is 1. The predicted molar refractivity (Wildman–Crippen MR) is 117 cm³/mol. The van der Waals surface area contributed by atoms with Gasteiger partial charge in [-0.05, 0) is 70.1 Å². The van der Waals surface area contributed by atoms with Gasteiger partial charge in [0.15, 0.2) is 5.60 Å². The molecule has 1 aromatic carbocycles. The normalized spacial score (nSPS) is 24.9. The highest BCUT2D eigenvalue weighted by Crippen LogP contribution is 2.40. The SMILES string of the molecule is C[C@@H]1CC[C@](Oc2ncccc2C(C)(C)O)(C(=O)c2ccccc2C2CCC2)CN1. The van der Waals surface area contributed by atoms with Gasteiger partial charge >= 0.3 is 0 Å². The van der Waals surface area contributed by atoms with Crippen molar-refractivity contribution in [3.05, 3.63) is 59.3 Å². The summed E-state index contributed by atoms with van der Waals surface area (Å²) in [6.45, 7) is 5.96. The highest BCUT2D eigenvalue weighted by atomic mass is 16.5. The molecule has 160 valence electrons. The van der Waals surface area contributed by atoms with E-state index in [2.05, 4.69) is 23.3 Å². The number of piperidine rings is 1. The molecule has 0 radical (unpaired) electrons. The fraction of sp³-hybridized carbons (Fsp3) is 0.520. The molecule has 1 saturated carbocycles. The zero-order chi connectivity index (χ0) is 21.4. The summed E-state index contributed by atoms with van der Waals surface area (Å²) in [5, 5.41) is 14.1. The molecule has 1 aliphatic heterocycles. The summed E-state index contributed by atoms with van der Waals surface area (Å²) in [5.74, 6) is 0.798. The average Bonchev–Trinajstić information content (AvgIpc) is 2.68. The van der Waals surface area contributed by atoms with Gasteiger partial charge in [0.25, 0.3) is 0 Å². The molecule has 2 N–H and O–H groups in total. The zero-order valence-electron chi connectivity index (χ0n) is 18.1. The van der Waals surface area contributed by atoms with Crippen LogP contribution in [-0.4, -0.2) is 34.1 Å². The summed E-state index contributed by atoms with van der Waals surface area (Å²) in [5.41, 5.74) is 0.328. The van der Waals surface area contributed by atoms with Crippen molar-refractivity contribution in [2.75, 3.05) is 6.54 Å². The number of aliphatic hydroxyl groups is 1. The molecule has 30 heavy (non-hydrogen) atoms. The molecule has 0 unspecified atom stereocenters. The van der Waals surface area contributed by atoms with Gasteiger partial charge in [0.2, 0.25) is 11.7 Å². The Kier molecular flexibility index (Phi) is 5.69. The van der Waals surface area contributed by atoms with Crippen LogP contribution in [0.2, 0.25) is 0 Å². The van der Waals surface area contributed by atoms with Crippen molar-refractivity contribution in [1.82, 2.24) is 10.3 Å². The van der Waals surface area contributed by atoms with E-state index in [0.717, 1.165) is 30.4 Å². The number of aromatic nitrogens is 1. The first-order valence-electron chi connectivity index (χ1n) is 11.0. The Bertz CT molecular complexity index is 907. The third-order valence-electron chi connectivity index (χ3n) is 6.60. The minimum atomic E-state index is -1.12. The van der Waals surface area contributed by atoms with E-state index in [9.17, 15) is 9.90 Å². The van der Waals surface area contributed by atoms with Crippen molar-refractivity contribution in [3.8, 4) is 5.88 Å². The Balaban J connectivity index is 1.74. The maximum Gasteiger partial charge on any atom is 0.220 e. The van der Waals surface area contributed by atoms with Crippen LogP contribution in [0.15, 0.2) is 42.6 Å². The lowest BCUT2D eigenvalue weighted by Gasteiger charge is -2.40. The van der Waals surface area contributed by atoms with Gasteiger partial charge in [0.1, 0.15) is 0 Å². The molecule has 0 amide bonds. The number of nitrogens with one attached hydrogen (secondary N) is 1. The second kappa shape index (κ2) is 8.12. The summed E-state index contributed by atoms with van der Waals surface area (Å²) in [6, 6.07) is 11.9. The van der Waals surface area contributed by atoms with Gasteiger partial charge < -0.3 is 15.2 Å². The van der Waals surface area contributed by atoms with Crippen LogP contribution in [0.3, 0.4) is 0 Å². The van der Waals surface area contributed by atoms with E-state index in [1.54, 1.807) is 26.1 Å². The first kappa shape index (κ1) is 21.0. The van der Waals surface area contributed by atoms with Gasteiger partial charge in [0, 0.05) is 29.9 Å². The third kappa shape index (κ3) is 4.01.